The third-order valence-electron chi connectivity index (χ3n) is 4.30. The number of aromatic hydroxyl groups is 1. The number of hydrogen-bond donors (Lipinski definition) is 2. The molecule has 24 heavy (non-hydrogen) atoms. The molecule has 0 radical (unpaired) electrons. The van der Waals surface area contributed by atoms with Gasteiger partial charge in [-0.1, -0.05) is 54.6 Å². The second-order valence-electron chi connectivity index (χ2n) is 5.90. The third kappa shape index (κ3) is 2.76. The van der Waals surface area contributed by atoms with E-state index in [4.69, 9.17) is 4.99 Å². The van der Waals surface area contributed by atoms with E-state index in [1.54, 1.807) is 6.07 Å². The molecule has 3 nitrogen and oxygen atoms in total. The fourth-order valence-corrected chi connectivity index (χ4v) is 3.09. The standard InChI is InChI=1S/C21H18N2O/c24-21-13-7-4-10-16(21)20-14-19(15-8-2-1-3-9-15)22-17-11-5-6-12-18(17)23-20/h1-13,19,22,24H,14H2/t19-/m0/s1. The maximum Gasteiger partial charge on any atom is 0.124 e. The van der Waals surface area contributed by atoms with Crippen LogP contribution >= 0.6 is 0 Å². The molecule has 3 aromatic carbocycles. The van der Waals surface area contributed by atoms with Crippen LogP contribution in [0.1, 0.15) is 23.6 Å². The fourth-order valence-electron chi connectivity index (χ4n) is 3.09. The number of benzene rings is 3. The first-order chi connectivity index (χ1) is 11.8. The van der Waals surface area contributed by atoms with Crippen molar-refractivity contribution in [2.24, 2.45) is 4.99 Å². The van der Waals surface area contributed by atoms with Crippen molar-refractivity contribution >= 4 is 17.1 Å². The Labute approximate surface area is 141 Å². The number of para-hydroxylation sites is 3. The number of phenolic OH excluding ortho intramolecular Hbond substituents is 1. The van der Waals surface area contributed by atoms with E-state index in [9.17, 15) is 5.11 Å². The van der Waals surface area contributed by atoms with Crippen molar-refractivity contribution in [1.82, 2.24) is 0 Å². The summed E-state index contributed by atoms with van der Waals surface area (Å²) < 4.78 is 0. The molecule has 0 amide bonds. The molecule has 1 aliphatic rings. The number of phenols is 1. The number of anilines is 1. The molecule has 0 aromatic heterocycles. The van der Waals surface area contributed by atoms with Crippen LogP contribution in [0.3, 0.4) is 0 Å². The lowest BCUT2D eigenvalue weighted by Gasteiger charge is -2.19. The van der Waals surface area contributed by atoms with Crippen LogP contribution in [0.15, 0.2) is 83.9 Å². The van der Waals surface area contributed by atoms with Crippen molar-refractivity contribution in [2.45, 2.75) is 12.5 Å². The van der Waals surface area contributed by atoms with E-state index in [-0.39, 0.29) is 11.8 Å². The minimum atomic E-state index is 0.105. The van der Waals surface area contributed by atoms with Gasteiger partial charge in [-0.2, -0.15) is 0 Å². The molecule has 4 rings (SSSR count). The molecule has 3 heteroatoms. The van der Waals surface area contributed by atoms with Gasteiger partial charge in [0.15, 0.2) is 0 Å². The highest BCUT2D eigenvalue weighted by Crippen LogP contribution is 2.36. The molecule has 1 atom stereocenters. The summed E-state index contributed by atoms with van der Waals surface area (Å²) in [5.41, 5.74) is 4.79. The lowest BCUT2D eigenvalue weighted by molar-refractivity contribution is 0.474. The molecule has 1 aliphatic heterocycles. The number of nitrogens with one attached hydrogen (secondary N) is 1. The highest BCUT2D eigenvalue weighted by Gasteiger charge is 2.22. The molecule has 0 spiro atoms. The summed E-state index contributed by atoms with van der Waals surface area (Å²) >= 11 is 0. The van der Waals surface area contributed by atoms with Crippen LogP contribution in [0.2, 0.25) is 0 Å². The predicted molar refractivity (Wildman–Crippen MR) is 98.2 cm³/mol. The van der Waals surface area contributed by atoms with Crippen LogP contribution in [-0.4, -0.2) is 10.8 Å². The first-order valence-corrected chi connectivity index (χ1v) is 8.08. The summed E-state index contributed by atoms with van der Waals surface area (Å²) in [7, 11) is 0. The minimum Gasteiger partial charge on any atom is -0.507 e. The van der Waals surface area contributed by atoms with Crippen molar-refractivity contribution in [3.63, 3.8) is 0 Å². The average Bonchev–Trinajstić information content (AvgIpc) is 2.82. The number of nitrogens with zero attached hydrogens (tertiary/aromatic N) is 1. The topological polar surface area (TPSA) is 44.6 Å². The van der Waals surface area contributed by atoms with Gasteiger partial charge < -0.3 is 10.4 Å². The van der Waals surface area contributed by atoms with E-state index < -0.39 is 0 Å². The molecule has 118 valence electrons. The zero-order valence-electron chi connectivity index (χ0n) is 13.2. The Morgan fingerprint density at radius 3 is 2.38 bits per heavy atom. The van der Waals surface area contributed by atoms with Gasteiger partial charge in [0.05, 0.1) is 23.1 Å². The van der Waals surface area contributed by atoms with Gasteiger partial charge in [0, 0.05) is 12.0 Å². The van der Waals surface area contributed by atoms with Crippen LogP contribution in [0.4, 0.5) is 11.4 Å². The summed E-state index contributed by atoms with van der Waals surface area (Å²) in [6.45, 7) is 0. The van der Waals surface area contributed by atoms with E-state index in [2.05, 4.69) is 17.4 Å². The van der Waals surface area contributed by atoms with Crippen LogP contribution < -0.4 is 5.32 Å². The highest BCUT2D eigenvalue weighted by molar-refractivity contribution is 6.05. The van der Waals surface area contributed by atoms with Gasteiger partial charge in [-0.25, -0.2) is 0 Å². The largest absolute Gasteiger partial charge is 0.507 e. The molecule has 0 saturated carbocycles. The first-order valence-electron chi connectivity index (χ1n) is 8.08. The Hall–Kier alpha value is -3.07. The van der Waals surface area contributed by atoms with Gasteiger partial charge in [0.1, 0.15) is 5.75 Å². The number of fused-ring (bicyclic) bond motifs is 1. The fraction of sp³-hybridized carbons (Fsp3) is 0.0952. The Morgan fingerprint density at radius 1 is 0.833 bits per heavy atom. The number of aliphatic imine (C=N–C) groups is 1. The lowest BCUT2D eigenvalue weighted by atomic mass is 9.97. The number of rotatable bonds is 2. The van der Waals surface area contributed by atoms with Gasteiger partial charge in [0.25, 0.3) is 0 Å². The van der Waals surface area contributed by atoms with Crippen molar-refractivity contribution < 1.29 is 5.11 Å². The quantitative estimate of drug-likeness (QED) is 0.693. The van der Waals surface area contributed by atoms with Gasteiger partial charge in [-0.05, 0) is 29.8 Å². The molecule has 0 saturated heterocycles. The molecule has 1 heterocycles. The average molecular weight is 314 g/mol. The second-order valence-corrected chi connectivity index (χ2v) is 5.90. The zero-order valence-corrected chi connectivity index (χ0v) is 13.2. The lowest BCUT2D eigenvalue weighted by Crippen LogP contribution is -2.14. The molecule has 0 unspecified atom stereocenters. The van der Waals surface area contributed by atoms with Crippen LogP contribution in [-0.2, 0) is 0 Å². The highest BCUT2D eigenvalue weighted by atomic mass is 16.3. The number of hydrogen-bond acceptors (Lipinski definition) is 3. The molecular formula is C21H18N2O. The van der Waals surface area contributed by atoms with Crippen LogP contribution in [0, 0.1) is 0 Å². The third-order valence-corrected chi connectivity index (χ3v) is 4.30. The predicted octanol–water partition coefficient (Wildman–Crippen LogP) is 5.07. The Morgan fingerprint density at radius 2 is 1.54 bits per heavy atom. The normalized spacial score (nSPS) is 16.5. The van der Waals surface area contributed by atoms with Gasteiger partial charge in [-0.15, -0.1) is 0 Å². The van der Waals surface area contributed by atoms with Crippen molar-refractivity contribution in [1.29, 1.82) is 0 Å². The molecule has 3 aromatic rings. The Balaban J connectivity index is 1.83. The van der Waals surface area contributed by atoms with E-state index in [0.29, 0.717) is 6.42 Å². The summed E-state index contributed by atoms with van der Waals surface area (Å²) in [5, 5.41) is 13.9. The van der Waals surface area contributed by atoms with Crippen molar-refractivity contribution in [3.05, 3.63) is 90.0 Å². The molecule has 2 N–H and O–H groups in total. The smallest absolute Gasteiger partial charge is 0.124 e. The first kappa shape index (κ1) is 14.5. The maximum atomic E-state index is 10.3. The SMILES string of the molecule is Oc1ccccc1C1=Nc2ccccc2N[C@H](c2ccccc2)C1. The Kier molecular flexibility index (Phi) is 3.75. The molecule has 0 aliphatic carbocycles. The zero-order chi connectivity index (χ0) is 16.4. The molecular weight excluding hydrogens is 296 g/mol. The summed E-state index contributed by atoms with van der Waals surface area (Å²) in [5.74, 6) is 0.266. The van der Waals surface area contributed by atoms with E-state index in [0.717, 1.165) is 22.6 Å². The van der Waals surface area contributed by atoms with Gasteiger partial charge in [0.2, 0.25) is 0 Å². The Bertz CT molecular complexity index is 887. The van der Waals surface area contributed by atoms with Gasteiger partial charge in [-0.3, -0.25) is 4.99 Å². The van der Waals surface area contributed by atoms with E-state index in [1.807, 2.05) is 60.7 Å². The van der Waals surface area contributed by atoms with Crippen LogP contribution in [0.25, 0.3) is 0 Å². The van der Waals surface area contributed by atoms with Crippen molar-refractivity contribution in [3.8, 4) is 5.75 Å². The van der Waals surface area contributed by atoms with E-state index >= 15 is 0 Å². The second kappa shape index (κ2) is 6.20. The summed E-state index contributed by atoms with van der Waals surface area (Å²) in [6.07, 6.45) is 0.705. The van der Waals surface area contributed by atoms with Crippen LogP contribution in [0.5, 0.6) is 5.75 Å². The maximum absolute atomic E-state index is 10.3. The van der Waals surface area contributed by atoms with E-state index in [1.165, 1.54) is 5.56 Å². The summed E-state index contributed by atoms with van der Waals surface area (Å²) in [4.78, 5) is 4.84. The molecule has 0 bridgehead atoms. The van der Waals surface area contributed by atoms with Crippen molar-refractivity contribution in [2.75, 3.05) is 5.32 Å². The summed E-state index contributed by atoms with van der Waals surface area (Å²) in [6, 6.07) is 25.9. The minimum absolute atomic E-state index is 0.105. The monoisotopic (exact) mass is 314 g/mol. The van der Waals surface area contributed by atoms with Gasteiger partial charge >= 0.3 is 0 Å². The molecule has 0 fully saturated rings.